The second-order valence-electron chi connectivity index (χ2n) is 7.10. The second kappa shape index (κ2) is 11.1. The lowest BCUT2D eigenvalue weighted by Crippen LogP contribution is -2.54. The van der Waals surface area contributed by atoms with Crippen LogP contribution >= 0.6 is 24.8 Å². The van der Waals surface area contributed by atoms with Crippen LogP contribution in [-0.2, 0) is 22.6 Å². The van der Waals surface area contributed by atoms with Gasteiger partial charge in [0.2, 0.25) is 5.91 Å². The Morgan fingerprint density at radius 3 is 2.23 bits per heavy atom. The molecule has 0 radical (unpaired) electrons. The minimum atomic E-state index is -0.658. The van der Waals surface area contributed by atoms with Gasteiger partial charge in [0.05, 0.1) is 18.8 Å². The summed E-state index contributed by atoms with van der Waals surface area (Å²) in [5.41, 5.74) is 8.03. The van der Waals surface area contributed by atoms with Crippen LogP contribution in [0.1, 0.15) is 43.2 Å². The zero-order valence-corrected chi connectivity index (χ0v) is 16.9. The summed E-state index contributed by atoms with van der Waals surface area (Å²) in [7, 11) is 0. The molecule has 1 aliphatic heterocycles. The summed E-state index contributed by atoms with van der Waals surface area (Å²) in [6.07, 6.45) is 4.91. The summed E-state index contributed by atoms with van der Waals surface area (Å²) >= 11 is 0. The van der Waals surface area contributed by atoms with Gasteiger partial charge in [0.25, 0.3) is 0 Å². The van der Waals surface area contributed by atoms with Gasteiger partial charge < -0.3 is 15.8 Å². The molecule has 3 rings (SSSR count). The number of carbonyl (C=O) groups is 1. The van der Waals surface area contributed by atoms with Gasteiger partial charge in [0.15, 0.2) is 0 Å². The van der Waals surface area contributed by atoms with Gasteiger partial charge in [-0.3, -0.25) is 9.69 Å². The van der Waals surface area contributed by atoms with Crippen molar-refractivity contribution in [1.82, 2.24) is 10.2 Å². The van der Waals surface area contributed by atoms with Crippen LogP contribution in [0.15, 0.2) is 24.3 Å². The van der Waals surface area contributed by atoms with Gasteiger partial charge in [0, 0.05) is 26.2 Å². The van der Waals surface area contributed by atoms with Crippen LogP contribution < -0.4 is 11.1 Å². The van der Waals surface area contributed by atoms with Crippen LogP contribution in [0.5, 0.6) is 0 Å². The van der Waals surface area contributed by atoms with Crippen LogP contribution in [-0.4, -0.2) is 42.6 Å². The Morgan fingerprint density at radius 1 is 1.04 bits per heavy atom. The number of nitrogens with one attached hydrogen (secondary N) is 1. The number of morpholine rings is 1. The van der Waals surface area contributed by atoms with Gasteiger partial charge in [-0.1, -0.05) is 43.5 Å². The molecule has 2 aliphatic rings. The topological polar surface area (TPSA) is 67.6 Å². The van der Waals surface area contributed by atoms with Crippen LogP contribution in [0.3, 0.4) is 0 Å². The highest BCUT2D eigenvalue weighted by Gasteiger charge is 2.34. The standard InChI is InChI=1S/C19H29N3O2.2ClH/c20-19(8-2-1-3-9-19)18(23)21-14-16-4-6-17(7-5-16)15-22-10-12-24-13-11-22;;/h4-7H,1-3,8-15,20H2,(H,21,23);2*1H. The molecule has 148 valence electrons. The Labute approximate surface area is 168 Å². The highest BCUT2D eigenvalue weighted by molar-refractivity contribution is 5.86. The Morgan fingerprint density at radius 2 is 1.62 bits per heavy atom. The molecule has 1 aromatic carbocycles. The van der Waals surface area contributed by atoms with Gasteiger partial charge in [-0.05, 0) is 24.0 Å². The van der Waals surface area contributed by atoms with Crippen LogP contribution in [0.2, 0.25) is 0 Å². The Balaban J connectivity index is 0.00000169. The van der Waals surface area contributed by atoms with E-state index in [1.807, 2.05) is 0 Å². The van der Waals surface area contributed by atoms with E-state index in [2.05, 4.69) is 34.5 Å². The number of nitrogens with zero attached hydrogens (tertiary/aromatic N) is 1. The van der Waals surface area contributed by atoms with Gasteiger partial charge in [0.1, 0.15) is 0 Å². The first-order chi connectivity index (χ1) is 11.7. The van der Waals surface area contributed by atoms with Gasteiger partial charge >= 0.3 is 0 Å². The average molecular weight is 404 g/mol. The number of rotatable bonds is 5. The molecule has 0 unspecified atom stereocenters. The van der Waals surface area contributed by atoms with E-state index in [1.54, 1.807) is 0 Å². The number of benzene rings is 1. The van der Waals surface area contributed by atoms with E-state index >= 15 is 0 Å². The van der Waals surface area contributed by atoms with Gasteiger partial charge in [-0.15, -0.1) is 24.8 Å². The van der Waals surface area contributed by atoms with Gasteiger partial charge in [-0.25, -0.2) is 0 Å². The summed E-state index contributed by atoms with van der Waals surface area (Å²) < 4.78 is 5.38. The van der Waals surface area contributed by atoms with Crippen molar-refractivity contribution in [2.24, 2.45) is 5.73 Å². The highest BCUT2D eigenvalue weighted by atomic mass is 35.5. The molecule has 0 bridgehead atoms. The second-order valence-corrected chi connectivity index (χ2v) is 7.10. The van der Waals surface area contributed by atoms with Gasteiger partial charge in [-0.2, -0.15) is 0 Å². The lowest BCUT2D eigenvalue weighted by atomic mass is 9.82. The number of carbonyl (C=O) groups excluding carboxylic acids is 1. The Hall–Kier alpha value is -0.850. The molecule has 1 amide bonds. The number of hydrogen-bond acceptors (Lipinski definition) is 4. The Bertz CT molecular complexity index is 542. The fourth-order valence-corrected chi connectivity index (χ4v) is 3.55. The number of ether oxygens (including phenoxy) is 1. The van der Waals surface area contributed by atoms with Crippen molar-refractivity contribution in [2.45, 2.75) is 50.7 Å². The molecular weight excluding hydrogens is 373 g/mol. The first kappa shape index (κ1) is 23.2. The molecule has 0 atom stereocenters. The summed E-state index contributed by atoms with van der Waals surface area (Å²) in [6, 6.07) is 8.49. The number of nitrogens with two attached hydrogens (primary N) is 1. The first-order valence-electron chi connectivity index (χ1n) is 9.11. The predicted octanol–water partition coefficient (Wildman–Crippen LogP) is 2.64. The summed E-state index contributed by atoms with van der Waals surface area (Å²) in [5.74, 6) is -0.000377. The molecule has 3 N–H and O–H groups in total. The van der Waals surface area contributed by atoms with Crippen molar-refractivity contribution in [3.05, 3.63) is 35.4 Å². The van der Waals surface area contributed by atoms with Crippen molar-refractivity contribution in [2.75, 3.05) is 26.3 Å². The maximum atomic E-state index is 12.4. The van der Waals surface area contributed by atoms with Crippen LogP contribution in [0, 0.1) is 0 Å². The summed E-state index contributed by atoms with van der Waals surface area (Å²) in [4.78, 5) is 14.8. The predicted molar refractivity (Wildman–Crippen MR) is 109 cm³/mol. The molecule has 0 spiro atoms. The lowest BCUT2D eigenvalue weighted by Gasteiger charge is -2.31. The van der Waals surface area contributed by atoms with Crippen molar-refractivity contribution < 1.29 is 9.53 Å². The van der Waals surface area contributed by atoms with Crippen molar-refractivity contribution in [3.8, 4) is 0 Å². The molecule has 26 heavy (non-hydrogen) atoms. The zero-order valence-electron chi connectivity index (χ0n) is 15.2. The van der Waals surface area contributed by atoms with E-state index in [9.17, 15) is 4.79 Å². The summed E-state index contributed by atoms with van der Waals surface area (Å²) in [6.45, 7) is 5.15. The van der Waals surface area contributed by atoms with Crippen LogP contribution in [0.25, 0.3) is 0 Å². The third-order valence-electron chi connectivity index (χ3n) is 5.18. The third kappa shape index (κ3) is 6.39. The monoisotopic (exact) mass is 403 g/mol. The molecule has 2 fully saturated rings. The molecular formula is C19H31Cl2N3O2. The minimum Gasteiger partial charge on any atom is -0.379 e. The lowest BCUT2D eigenvalue weighted by molar-refractivity contribution is -0.127. The molecule has 1 aromatic rings. The normalized spacial score (nSPS) is 19.7. The van der Waals surface area contributed by atoms with E-state index in [1.165, 1.54) is 12.0 Å². The number of hydrogen-bond donors (Lipinski definition) is 2. The van der Waals surface area contributed by atoms with E-state index in [0.717, 1.165) is 64.1 Å². The van der Waals surface area contributed by atoms with Crippen molar-refractivity contribution >= 4 is 30.7 Å². The minimum absolute atomic E-state index is 0. The maximum absolute atomic E-state index is 12.4. The third-order valence-corrected chi connectivity index (χ3v) is 5.18. The van der Waals surface area contributed by atoms with Crippen molar-refractivity contribution in [1.29, 1.82) is 0 Å². The van der Waals surface area contributed by atoms with Crippen LogP contribution in [0.4, 0.5) is 0 Å². The quantitative estimate of drug-likeness (QED) is 0.792. The fraction of sp³-hybridized carbons (Fsp3) is 0.632. The molecule has 1 heterocycles. The molecule has 0 aromatic heterocycles. The average Bonchev–Trinajstić information content (AvgIpc) is 2.62. The van der Waals surface area contributed by atoms with E-state index in [4.69, 9.17) is 10.5 Å². The van der Waals surface area contributed by atoms with E-state index in [0.29, 0.717) is 6.54 Å². The smallest absolute Gasteiger partial charge is 0.240 e. The number of amides is 1. The molecule has 1 aliphatic carbocycles. The number of halogens is 2. The zero-order chi connectivity index (χ0) is 16.8. The molecule has 1 saturated carbocycles. The van der Waals surface area contributed by atoms with Crippen molar-refractivity contribution in [3.63, 3.8) is 0 Å². The maximum Gasteiger partial charge on any atom is 0.240 e. The molecule has 5 nitrogen and oxygen atoms in total. The Kier molecular flexibility index (Phi) is 9.90. The molecule has 1 saturated heterocycles. The van der Waals surface area contributed by atoms with E-state index < -0.39 is 5.54 Å². The molecule has 7 heteroatoms. The first-order valence-corrected chi connectivity index (χ1v) is 9.11. The highest BCUT2D eigenvalue weighted by Crippen LogP contribution is 2.26. The van der Waals surface area contributed by atoms with E-state index in [-0.39, 0.29) is 30.7 Å². The summed E-state index contributed by atoms with van der Waals surface area (Å²) in [5, 5.41) is 3.02. The largest absolute Gasteiger partial charge is 0.379 e. The SMILES string of the molecule is Cl.Cl.NC1(C(=O)NCc2ccc(CN3CCOCC3)cc2)CCCCC1. The fourth-order valence-electron chi connectivity index (χ4n) is 3.55.